The van der Waals surface area contributed by atoms with Gasteiger partial charge in [-0.25, -0.2) is 13.5 Å². The molecule has 0 amide bonds. The molecule has 36 heavy (non-hydrogen) atoms. The first kappa shape index (κ1) is 27.4. The van der Waals surface area contributed by atoms with Crippen LogP contribution in [0.4, 0.5) is 14.5 Å². The van der Waals surface area contributed by atoms with Crippen molar-refractivity contribution >= 4 is 48.1 Å². The summed E-state index contributed by atoms with van der Waals surface area (Å²) in [6, 6.07) is 1.59. The molecule has 0 radical (unpaired) electrons. The van der Waals surface area contributed by atoms with Gasteiger partial charge >= 0.3 is 0 Å². The molecule has 11 heteroatoms. The Morgan fingerprint density at radius 1 is 1.28 bits per heavy atom. The Morgan fingerprint density at radius 2 is 2.03 bits per heavy atom. The lowest BCUT2D eigenvalue weighted by Gasteiger charge is -2.37. The minimum atomic E-state index is -3.08. The van der Waals surface area contributed by atoms with Crippen LogP contribution in [0.15, 0.2) is 24.7 Å². The summed E-state index contributed by atoms with van der Waals surface area (Å²) in [7, 11) is -2.31. The van der Waals surface area contributed by atoms with Gasteiger partial charge in [0.05, 0.1) is 34.9 Å². The maximum absolute atomic E-state index is 14.9. The average molecular weight is 560 g/mol. The molecular formula is C25H34Cl2F2N4O2Si. The van der Waals surface area contributed by atoms with Gasteiger partial charge in [0, 0.05) is 41.2 Å². The summed E-state index contributed by atoms with van der Waals surface area (Å²) in [5, 5.41) is 8.52. The van der Waals surface area contributed by atoms with E-state index in [1.54, 1.807) is 18.5 Å². The van der Waals surface area contributed by atoms with Crippen molar-refractivity contribution < 1.29 is 17.9 Å². The topological polar surface area (TPSA) is 64.1 Å². The van der Waals surface area contributed by atoms with Crippen LogP contribution in [0.2, 0.25) is 28.2 Å². The van der Waals surface area contributed by atoms with E-state index in [-0.39, 0.29) is 16.3 Å². The lowest BCUT2D eigenvalue weighted by Crippen LogP contribution is -2.45. The van der Waals surface area contributed by atoms with Crippen molar-refractivity contribution in [3.05, 3.63) is 34.7 Å². The van der Waals surface area contributed by atoms with Crippen molar-refractivity contribution in [1.82, 2.24) is 14.8 Å². The van der Waals surface area contributed by atoms with Gasteiger partial charge in [-0.15, -0.1) is 0 Å². The molecule has 2 N–H and O–H groups in total. The molecule has 3 heterocycles. The molecule has 0 bridgehead atoms. The number of aromatic nitrogens is 3. The van der Waals surface area contributed by atoms with Gasteiger partial charge < -0.3 is 19.5 Å². The van der Waals surface area contributed by atoms with E-state index in [9.17, 15) is 8.78 Å². The summed E-state index contributed by atoms with van der Waals surface area (Å²) < 4.78 is 43.2. The molecule has 1 unspecified atom stereocenters. The third-order valence-corrected chi connectivity index (χ3v) is 12.5. The predicted octanol–water partition coefficient (Wildman–Crippen LogP) is 8.11. The molecule has 1 aromatic carbocycles. The fraction of sp³-hybridized carbons (Fsp3) is 0.560. The van der Waals surface area contributed by atoms with E-state index in [4.69, 9.17) is 32.4 Å². The molecule has 0 spiro atoms. The number of aromatic amines is 1. The first-order valence-corrected chi connectivity index (χ1v) is 15.9. The zero-order valence-electron chi connectivity index (χ0n) is 21.4. The van der Waals surface area contributed by atoms with Gasteiger partial charge in [-0.05, 0) is 43.5 Å². The van der Waals surface area contributed by atoms with Crippen molar-refractivity contribution in [2.45, 2.75) is 70.3 Å². The van der Waals surface area contributed by atoms with Gasteiger partial charge in [-0.2, -0.15) is 5.10 Å². The van der Waals surface area contributed by atoms with Crippen LogP contribution < -0.4 is 5.32 Å². The average Bonchev–Trinajstić information content (AvgIpc) is 3.47. The van der Waals surface area contributed by atoms with Gasteiger partial charge in [-0.3, -0.25) is 0 Å². The first-order chi connectivity index (χ1) is 16.8. The van der Waals surface area contributed by atoms with Gasteiger partial charge in [0.2, 0.25) is 0 Å². The summed E-state index contributed by atoms with van der Waals surface area (Å²) in [5.41, 5.74) is 2.65. The second-order valence-corrected chi connectivity index (χ2v) is 16.6. The third kappa shape index (κ3) is 5.75. The van der Waals surface area contributed by atoms with Crippen LogP contribution >= 0.6 is 23.2 Å². The molecule has 3 aromatic rings. The fourth-order valence-corrected chi connectivity index (χ4v) is 5.38. The second kappa shape index (κ2) is 10.2. The Hall–Kier alpha value is -1.65. The van der Waals surface area contributed by atoms with Crippen molar-refractivity contribution in [2.75, 3.05) is 25.1 Å². The minimum absolute atomic E-state index is 0.104. The number of hydrogen-bond acceptors (Lipinski definition) is 4. The number of ether oxygens (including phenoxy) is 1. The fourth-order valence-electron chi connectivity index (χ4n) is 3.97. The number of alkyl halides is 2. The van der Waals surface area contributed by atoms with Gasteiger partial charge in [0.25, 0.3) is 5.92 Å². The van der Waals surface area contributed by atoms with E-state index in [1.165, 1.54) is 0 Å². The summed E-state index contributed by atoms with van der Waals surface area (Å²) >= 11 is 12.8. The van der Waals surface area contributed by atoms with Crippen molar-refractivity contribution in [1.29, 1.82) is 0 Å². The van der Waals surface area contributed by atoms with Crippen LogP contribution in [0.1, 0.15) is 46.3 Å². The number of hydrogen-bond donors (Lipinski definition) is 2. The van der Waals surface area contributed by atoms with Crippen LogP contribution in [0.5, 0.6) is 0 Å². The Bertz CT molecular complexity index is 1220. The van der Waals surface area contributed by atoms with Crippen LogP contribution in [0, 0.1) is 0 Å². The molecule has 1 aliphatic heterocycles. The zero-order valence-corrected chi connectivity index (χ0v) is 23.9. The first-order valence-electron chi connectivity index (χ1n) is 12.2. The number of anilines is 1. The van der Waals surface area contributed by atoms with Crippen LogP contribution in [-0.2, 0) is 9.16 Å². The number of nitrogens with one attached hydrogen (secondary N) is 2. The number of halogens is 4. The highest BCUT2D eigenvalue weighted by Gasteiger charge is 2.41. The standard InChI is InChI=1S/C25H34Cl2F2N4O2Si/c1-24(2,3)36(4,5)35-15-25(28,29)14-31-19-10-18(26)22(27)23-21(19)17(12-30-23)16-11-32-33(13-16)20-8-6-7-9-34-20/h10-13,20,30-31H,6-9,14-15H2,1-5H3. The predicted molar refractivity (Wildman–Crippen MR) is 145 cm³/mol. The Morgan fingerprint density at radius 3 is 2.69 bits per heavy atom. The molecule has 1 fully saturated rings. The van der Waals surface area contributed by atoms with Gasteiger partial charge in [0.1, 0.15) is 6.23 Å². The second-order valence-electron chi connectivity index (χ2n) is 11.0. The Balaban J connectivity index is 1.59. The van der Waals surface area contributed by atoms with E-state index in [0.29, 0.717) is 28.2 Å². The van der Waals surface area contributed by atoms with Crippen molar-refractivity contribution in [3.8, 4) is 11.1 Å². The van der Waals surface area contributed by atoms with Crippen molar-refractivity contribution in [3.63, 3.8) is 0 Å². The number of benzene rings is 1. The Kier molecular flexibility index (Phi) is 7.80. The lowest BCUT2D eigenvalue weighted by atomic mass is 10.1. The minimum Gasteiger partial charge on any atom is -0.411 e. The third-order valence-electron chi connectivity index (χ3n) is 7.20. The molecule has 1 atom stereocenters. The van der Waals surface area contributed by atoms with Crippen LogP contribution in [0.25, 0.3) is 22.0 Å². The monoisotopic (exact) mass is 558 g/mol. The molecule has 198 valence electrons. The zero-order chi connectivity index (χ0) is 26.3. The summed E-state index contributed by atoms with van der Waals surface area (Å²) in [5.74, 6) is -3.08. The number of fused-ring (bicyclic) bond motifs is 1. The van der Waals surface area contributed by atoms with E-state index >= 15 is 0 Å². The molecule has 6 nitrogen and oxygen atoms in total. The van der Waals surface area contributed by atoms with Crippen LogP contribution in [-0.4, -0.2) is 48.8 Å². The molecule has 1 aliphatic rings. The molecule has 4 rings (SSSR count). The number of H-pyrrole nitrogens is 1. The number of nitrogens with zero attached hydrogens (tertiary/aromatic N) is 2. The Labute approximate surface area is 221 Å². The van der Waals surface area contributed by atoms with E-state index in [2.05, 4.69) is 15.4 Å². The molecule has 0 aliphatic carbocycles. The van der Waals surface area contributed by atoms with Gasteiger partial charge in [-0.1, -0.05) is 44.0 Å². The van der Waals surface area contributed by atoms with E-state index in [0.717, 1.165) is 30.4 Å². The normalized spacial score (nSPS) is 17.6. The highest BCUT2D eigenvalue weighted by Crippen LogP contribution is 2.42. The van der Waals surface area contributed by atoms with Gasteiger partial charge in [0.15, 0.2) is 8.32 Å². The summed E-state index contributed by atoms with van der Waals surface area (Å²) in [4.78, 5) is 3.15. The van der Waals surface area contributed by atoms with E-state index < -0.39 is 27.4 Å². The maximum atomic E-state index is 14.9. The largest absolute Gasteiger partial charge is 0.411 e. The maximum Gasteiger partial charge on any atom is 0.286 e. The molecule has 0 saturated carbocycles. The number of rotatable bonds is 8. The highest BCUT2D eigenvalue weighted by molar-refractivity contribution is 6.74. The smallest absolute Gasteiger partial charge is 0.286 e. The lowest BCUT2D eigenvalue weighted by molar-refractivity contribution is -0.0394. The van der Waals surface area contributed by atoms with Crippen molar-refractivity contribution in [2.24, 2.45) is 0 Å². The molecular weight excluding hydrogens is 525 g/mol. The summed E-state index contributed by atoms with van der Waals surface area (Å²) in [6.45, 7) is 9.47. The quantitative estimate of drug-likeness (QED) is 0.274. The SMILES string of the molecule is CC(C)(C)[Si](C)(C)OCC(F)(F)CNc1cc(Cl)c(Cl)c2[nH]cc(-c3cnn(C4CCCCO4)c3)c12. The van der Waals surface area contributed by atoms with Crippen LogP contribution in [0.3, 0.4) is 0 Å². The molecule has 2 aromatic heterocycles. The molecule has 1 saturated heterocycles. The highest BCUT2D eigenvalue weighted by atomic mass is 35.5. The van der Waals surface area contributed by atoms with E-state index in [1.807, 2.05) is 44.7 Å². The summed E-state index contributed by atoms with van der Waals surface area (Å²) in [6.07, 6.45) is 8.37.